The Balaban J connectivity index is 1.69. The first-order chi connectivity index (χ1) is 8.38. The molecule has 0 radical (unpaired) electrons. The number of rotatable bonds is 4. The lowest BCUT2D eigenvalue weighted by Crippen LogP contribution is -2.40. The van der Waals surface area contributed by atoms with E-state index in [9.17, 15) is 0 Å². The van der Waals surface area contributed by atoms with Crippen LogP contribution in [0, 0.1) is 0 Å². The summed E-state index contributed by atoms with van der Waals surface area (Å²) in [5, 5.41) is 10.8. The lowest BCUT2D eigenvalue weighted by atomic mass is 10.2. The third-order valence-electron chi connectivity index (χ3n) is 2.78. The van der Waals surface area contributed by atoms with Gasteiger partial charge >= 0.3 is 0 Å². The summed E-state index contributed by atoms with van der Waals surface area (Å²) in [4.78, 5) is 4.19. The van der Waals surface area contributed by atoms with Gasteiger partial charge in [-0.1, -0.05) is 0 Å². The van der Waals surface area contributed by atoms with Crippen LogP contribution in [0.5, 0.6) is 0 Å². The molecule has 2 N–H and O–H groups in total. The van der Waals surface area contributed by atoms with Crippen LogP contribution in [0.1, 0.15) is 18.4 Å². The Hall–Kier alpha value is -1.07. The maximum atomic E-state index is 5.55. The van der Waals surface area contributed by atoms with E-state index < -0.39 is 0 Å². The van der Waals surface area contributed by atoms with E-state index in [0.29, 0.717) is 6.10 Å². The zero-order valence-corrected chi connectivity index (χ0v) is 10.9. The van der Waals surface area contributed by atoms with Gasteiger partial charge in [-0.3, -0.25) is 4.99 Å². The van der Waals surface area contributed by atoms with Gasteiger partial charge in [-0.05, 0) is 35.2 Å². The molecule has 2 rings (SSSR count). The molecule has 5 heteroatoms. The minimum Gasteiger partial charge on any atom is -0.376 e. The maximum Gasteiger partial charge on any atom is 0.191 e. The molecule has 0 saturated carbocycles. The Kier molecular flexibility index (Phi) is 4.82. The van der Waals surface area contributed by atoms with Gasteiger partial charge in [0.2, 0.25) is 0 Å². The molecule has 1 aromatic rings. The molecule has 0 bridgehead atoms. The first kappa shape index (κ1) is 12.4. The molecule has 0 aromatic carbocycles. The van der Waals surface area contributed by atoms with E-state index in [1.54, 1.807) is 18.4 Å². The number of thiophene rings is 1. The Morgan fingerprint density at radius 2 is 2.53 bits per heavy atom. The molecule has 0 spiro atoms. The van der Waals surface area contributed by atoms with Crippen molar-refractivity contribution in [3.8, 4) is 0 Å². The fraction of sp³-hybridized carbons (Fsp3) is 0.583. The van der Waals surface area contributed by atoms with Crippen LogP contribution in [0.4, 0.5) is 0 Å². The normalized spacial score (nSPS) is 20.5. The Morgan fingerprint density at radius 3 is 3.18 bits per heavy atom. The second kappa shape index (κ2) is 6.61. The van der Waals surface area contributed by atoms with E-state index in [-0.39, 0.29) is 0 Å². The number of aliphatic imine (C=N–C) groups is 1. The fourth-order valence-electron chi connectivity index (χ4n) is 1.82. The van der Waals surface area contributed by atoms with Gasteiger partial charge in [0, 0.05) is 26.7 Å². The van der Waals surface area contributed by atoms with Crippen LogP contribution >= 0.6 is 11.3 Å². The van der Waals surface area contributed by atoms with Crippen molar-refractivity contribution in [2.45, 2.75) is 25.5 Å². The van der Waals surface area contributed by atoms with Crippen LogP contribution in [0.3, 0.4) is 0 Å². The third-order valence-corrected chi connectivity index (χ3v) is 3.52. The van der Waals surface area contributed by atoms with E-state index in [2.05, 4.69) is 32.5 Å². The Bertz CT molecular complexity index is 345. The van der Waals surface area contributed by atoms with Crippen molar-refractivity contribution in [2.75, 3.05) is 20.2 Å². The Labute approximate surface area is 106 Å². The Morgan fingerprint density at radius 1 is 1.59 bits per heavy atom. The average Bonchev–Trinajstić information content (AvgIpc) is 3.02. The van der Waals surface area contributed by atoms with Crippen LogP contribution in [-0.2, 0) is 11.3 Å². The van der Waals surface area contributed by atoms with Gasteiger partial charge in [0.1, 0.15) is 0 Å². The zero-order chi connectivity index (χ0) is 11.9. The summed E-state index contributed by atoms with van der Waals surface area (Å²) in [5.74, 6) is 0.840. The summed E-state index contributed by atoms with van der Waals surface area (Å²) < 4.78 is 5.55. The van der Waals surface area contributed by atoms with Gasteiger partial charge < -0.3 is 15.4 Å². The first-order valence-electron chi connectivity index (χ1n) is 5.95. The van der Waals surface area contributed by atoms with Gasteiger partial charge in [0.15, 0.2) is 5.96 Å². The van der Waals surface area contributed by atoms with Crippen LogP contribution < -0.4 is 10.6 Å². The molecule has 1 aliphatic heterocycles. The van der Waals surface area contributed by atoms with Crippen molar-refractivity contribution in [3.05, 3.63) is 22.4 Å². The van der Waals surface area contributed by atoms with Crippen LogP contribution in [0.25, 0.3) is 0 Å². The molecule has 1 saturated heterocycles. The van der Waals surface area contributed by atoms with E-state index in [1.165, 1.54) is 12.0 Å². The molecule has 0 amide bonds. The first-order valence-corrected chi connectivity index (χ1v) is 6.90. The topological polar surface area (TPSA) is 45.7 Å². The number of hydrogen-bond acceptors (Lipinski definition) is 3. The molecule has 94 valence electrons. The van der Waals surface area contributed by atoms with E-state index in [0.717, 1.165) is 32.1 Å². The highest BCUT2D eigenvalue weighted by molar-refractivity contribution is 7.07. The summed E-state index contributed by atoms with van der Waals surface area (Å²) in [7, 11) is 1.79. The SMILES string of the molecule is CN=C(NCc1ccsc1)NCC1CCCO1. The molecule has 1 atom stereocenters. The zero-order valence-electron chi connectivity index (χ0n) is 10.1. The van der Waals surface area contributed by atoms with Crippen LogP contribution in [0.15, 0.2) is 21.8 Å². The second-order valence-corrected chi connectivity index (χ2v) is 4.85. The lowest BCUT2D eigenvalue weighted by molar-refractivity contribution is 0.114. The smallest absolute Gasteiger partial charge is 0.191 e. The number of ether oxygens (including phenoxy) is 1. The van der Waals surface area contributed by atoms with E-state index in [1.807, 2.05) is 0 Å². The molecular formula is C12H19N3OS. The second-order valence-electron chi connectivity index (χ2n) is 4.07. The predicted molar refractivity (Wildman–Crippen MR) is 71.5 cm³/mol. The lowest BCUT2D eigenvalue weighted by Gasteiger charge is -2.14. The standard InChI is InChI=1S/C12H19N3OS/c1-13-12(14-7-10-4-6-17-9-10)15-8-11-3-2-5-16-11/h4,6,9,11H,2-3,5,7-8H2,1H3,(H2,13,14,15). The number of hydrogen-bond donors (Lipinski definition) is 2. The third kappa shape index (κ3) is 4.02. The van der Waals surface area contributed by atoms with Crippen molar-refractivity contribution >= 4 is 17.3 Å². The quantitative estimate of drug-likeness (QED) is 0.633. The molecule has 0 aliphatic carbocycles. The van der Waals surface area contributed by atoms with Crippen molar-refractivity contribution < 1.29 is 4.74 Å². The van der Waals surface area contributed by atoms with Crippen LogP contribution in [-0.4, -0.2) is 32.3 Å². The largest absolute Gasteiger partial charge is 0.376 e. The summed E-state index contributed by atoms with van der Waals surface area (Å²) in [6.07, 6.45) is 2.66. The van der Waals surface area contributed by atoms with Crippen molar-refractivity contribution in [3.63, 3.8) is 0 Å². The van der Waals surface area contributed by atoms with Crippen molar-refractivity contribution in [1.82, 2.24) is 10.6 Å². The summed E-state index contributed by atoms with van der Waals surface area (Å²) in [6.45, 7) is 2.55. The molecule has 17 heavy (non-hydrogen) atoms. The molecule has 4 nitrogen and oxygen atoms in total. The van der Waals surface area contributed by atoms with E-state index >= 15 is 0 Å². The minimum atomic E-state index is 0.342. The number of nitrogens with one attached hydrogen (secondary N) is 2. The molecule has 1 unspecified atom stereocenters. The predicted octanol–water partition coefficient (Wildman–Crippen LogP) is 1.59. The maximum absolute atomic E-state index is 5.55. The highest BCUT2D eigenvalue weighted by Crippen LogP contribution is 2.10. The number of nitrogens with zero attached hydrogens (tertiary/aromatic N) is 1. The van der Waals surface area contributed by atoms with Crippen LogP contribution in [0.2, 0.25) is 0 Å². The summed E-state index contributed by atoms with van der Waals surface area (Å²) >= 11 is 1.71. The average molecular weight is 253 g/mol. The van der Waals surface area contributed by atoms with Gasteiger partial charge in [-0.25, -0.2) is 0 Å². The minimum absolute atomic E-state index is 0.342. The molecule has 1 aliphatic rings. The highest BCUT2D eigenvalue weighted by atomic mass is 32.1. The molecule has 1 fully saturated rings. The number of guanidine groups is 1. The van der Waals surface area contributed by atoms with Gasteiger partial charge in [-0.15, -0.1) is 0 Å². The highest BCUT2D eigenvalue weighted by Gasteiger charge is 2.15. The molecule has 1 aromatic heterocycles. The van der Waals surface area contributed by atoms with Crippen molar-refractivity contribution in [2.24, 2.45) is 4.99 Å². The molecule has 2 heterocycles. The van der Waals surface area contributed by atoms with E-state index in [4.69, 9.17) is 4.74 Å². The van der Waals surface area contributed by atoms with Crippen molar-refractivity contribution in [1.29, 1.82) is 0 Å². The summed E-state index contributed by atoms with van der Waals surface area (Å²) in [6, 6.07) is 2.12. The van der Waals surface area contributed by atoms with Gasteiger partial charge in [0.05, 0.1) is 6.10 Å². The summed E-state index contributed by atoms with van der Waals surface area (Å²) in [5.41, 5.74) is 1.29. The monoisotopic (exact) mass is 253 g/mol. The fourth-order valence-corrected chi connectivity index (χ4v) is 2.48. The van der Waals surface area contributed by atoms with Gasteiger partial charge in [-0.2, -0.15) is 11.3 Å². The van der Waals surface area contributed by atoms with Gasteiger partial charge in [0.25, 0.3) is 0 Å². The molecular weight excluding hydrogens is 234 g/mol.